The Morgan fingerprint density at radius 3 is 1.00 bits per heavy atom. The zero-order chi connectivity index (χ0) is 16.6. The molecule has 0 amide bonds. The molecule has 6 heteroatoms. The molecule has 2 N–H and O–H groups in total. The number of unbranched alkanes of at least 4 members (excludes halogenated alkanes) is 2. The summed E-state index contributed by atoms with van der Waals surface area (Å²) in [4.78, 5) is 31.8. The second kappa shape index (κ2) is 22.1. The molecule has 0 atom stereocenters. The molecule has 0 rings (SSSR count). The van der Waals surface area contributed by atoms with Gasteiger partial charge in [-0.3, -0.25) is 14.4 Å². The van der Waals surface area contributed by atoms with Crippen LogP contribution in [0.1, 0.15) is 60.3 Å². The minimum absolute atomic E-state index is 0. The molecule has 0 aromatic heterocycles. The van der Waals surface area contributed by atoms with Gasteiger partial charge in [0, 0.05) is 39.4 Å². The molecule has 0 aromatic carbocycles. The Balaban J connectivity index is -0.000000112. The first-order valence-corrected chi connectivity index (χ1v) is 7.03. The minimum atomic E-state index is -1.03. The van der Waals surface area contributed by atoms with Crippen molar-refractivity contribution in [2.75, 3.05) is 13.2 Å². The first-order valence-electron chi connectivity index (χ1n) is 7.03. The third-order valence-corrected chi connectivity index (χ3v) is 2.24. The van der Waals surface area contributed by atoms with E-state index >= 15 is 0 Å². The molecule has 0 unspecified atom stereocenters. The van der Waals surface area contributed by atoms with Gasteiger partial charge >= 0.3 is 0 Å². The Kier molecular flexibility index (Phi) is 30.4. The van der Waals surface area contributed by atoms with E-state index in [1.165, 1.54) is 20.8 Å². The Hall–Kier alpha value is -0.187. The number of carbonyl (C=O) groups is 3. The Bertz CT molecular complexity index is 224. The summed E-state index contributed by atoms with van der Waals surface area (Å²) < 4.78 is 0. The van der Waals surface area contributed by atoms with Crippen LogP contribution in [0.2, 0.25) is 0 Å². The molecule has 0 radical (unpaired) electrons. The summed E-state index contributed by atoms with van der Waals surface area (Å²) in [6.07, 6.45) is 4.08. The van der Waals surface area contributed by atoms with E-state index < -0.39 is 5.92 Å². The van der Waals surface area contributed by atoms with Gasteiger partial charge in [-0.15, -0.1) is 0 Å². The quantitative estimate of drug-likeness (QED) is 0.657. The van der Waals surface area contributed by atoms with Gasteiger partial charge in [0.25, 0.3) is 0 Å². The van der Waals surface area contributed by atoms with Crippen LogP contribution in [0.5, 0.6) is 0 Å². The van der Waals surface area contributed by atoms with E-state index in [2.05, 4.69) is 13.8 Å². The fourth-order valence-corrected chi connectivity index (χ4v) is 1.17. The minimum Gasteiger partial charge on any atom is -0.396 e. The zero-order valence-electron chi connectivity index (χ0n) is 13.9. The van der Waals surface area contributed by atoms with Gasteiger partial charge in [-0.1, -0.05) is 26.7 Å². The average molecular weight is 382 g/mol. The van der Waals surface area contributed by atoms with Crippen molar-refractivity contribution in [2.24, 2.45) is 5.92 Å². The third-order valence-electron chi connectivity index (χ3n) is 2.24. The number of hydrogen-bond acceptors (Lipinski definition) is 5. The third kappa shape index (κ3) is 25.1. The van der Waals surface area contributed by atoms with Crippen LogP contribution in [0, 0.1) is 5.92 Å². The molecule has 21 heavy (non-hydrogen) atoms. The molecule has 0 aliphatic carbocycles. The van der Waals surface area contributed by atoms with Gasteiger partial charge in [-0.05, 0) is 33.6 Å². The molecule has 0 aromatic rings. The topological polar surface area (TPSA) is 91.7 Å². The fourth-order valence-electron chi connectivity index (χ4n) is 1.17. The van der Waals surface area contributed by atoms with Crippen LogP contribution in [-0.4, -0.2) is 40.8 Å². The van der Waals surface area contributed by atoms with E-state index in [9.17, 15) is 14.4 Å². The summed E-state index contributed by atoms with van der Waals surface area (Å²) in [6.45, 7) is 8.52. The molecule has 0 aliphatic heterocycles. The fraction of sp³-hybridized carbons (Fsp3) is 0.800. The maximum Gasteiger partial charge on any atom is 0.147 e. The maximum absolute atomic E-state index is 10.6. The van der Waals surface area contributed by atoms with Crippen LogP contribution < -0.4 is 0 Å². The molecule has 0 spiro atoms. The molecular weight excluding hydrogens is 351 g/mol. The SMILES string of the molecule is CC(=O)C(C(C)=O)C(C)=O.CCCCO.CCCCO.[Zr]. The van der Waals surface area contributed by atoms with Crippen molar-refractivity contribution >= 4 is 17.3 Å². The van der Waals surface area contributed by atoms with Crippen LogP contribution in [0.15, 0.2) is 0 Å². The molecule has 0 fully saturated rings. The Labute approximate surface area is 147 Å². The summed E-state index contributed by atoms with van der Waals surface area (Å²) in [5, 5.41) is 16.1. The molecule has 0 bridgehead atoms. The molecule has 0 aliphatic rings. The molecule has 124 valence electrons. The smallest absolute Gasteiger partial charge is 0.147 e. The van der Waals surface area contributed by atoms with Gasteiger partial charge in [0.15, 0.2) is 0 Å². The maximum atomic E-state index is 10.6. The number of ketones is 3. The summed E-state index contributed by atoms with van der Waals surface area (Å²) in [7, 11) is 0. The normalized spacial score (nSPS) is 8.57. The molecule has 0 saturated carbocycles. The van der Waals surface area contributed by atoms with E-state index in [0.29, 0.717) is 13.2 Å². The van der Waals surface area contributed by atoms with Gasteiger partial charge in [0.1, 0.15) is 23.3 Å². The van der Waals surface area contributed by atoms with Crippen molar-refractivity contribution in [1.29, 1.82) is 0 Å². The average Bonchev–Trinajstić information content (AvgIpc) is 2.30. The monoisotopic (exact) mass is 380 g/mol. The summed E-state index contributed by atoms with van der Waals surface area (Å²) in [6, 6.07) is 0. The van der Waals surface area contributed by atoms with Crippen molar-refractivity contribution in [3.63, 3.8) is 0 Å². The van der Waals surface area contributed by atoms with E-state index in [1.54, 1.807) is 0 Å². The van der Waals surface area contributed by atoms with Gasteiger partial charge in [0.05, 0.1) is 0 Å². The van der Waals surface area contributed by atoms with E-state index in [4.69, 9.17) is 10.2 Å². The number of Topliss-reactive ketones (excluding diaryl/α,β-unsaturated/α-hetero) is 3. The molecule has 5 nitrogen and oxygen atoms in total. The van der Waals surface area contributed by atoms with Gasteiger partial charge in [0.2, 0.25) is 0 Å². The van der Waals surface area contributed by atoms with Crippen LogP contribution in [-0.2, 0) is 40.6 Å². The van der Waals surface area contributed by atoms with Crippen LogP contribution in [0.3, 0.4) is 0 Å². The van der Waals surface area contributed by atoms with Gasteiger partial charge in [-0.25, -0.2) is 0 Å². The number of aliphatic hydroxyl groups excluding tert-OH is 2. The summed E-state index contributed by atoms with van der Waals surface area (Å²) in [5.41, 5.74) is 0. The number of aliphatic hydroxyl groups is 2. The summed E-state index contributed by atoms with van der Waals surface area (Å²) in [5.74, 6) is -2.15. The van der Waals surface area contributed by atoms with Crippen molar-refractivity contribution in [3.8, 4) is 0 Å². The molecule has 0 saturated heterocycles. The van der Waals surface area contributed by atoms with Crippen molar-refractivity contribution < 1.29 is 50.8 Å². The Morgan fingerprint density at radius 1 is 0.762 bits per heavy atom. The molecular formula is C15H30O5Zr. The first-order chi connectivity index (χ1) is 9.29. The van der Waals surface area contributed by atoms with Crippen LogP contribution in [0.25, 0.3) is 0 Å². The van der Waals surface area contributed by atoms with E-state index in [0.717, 1.165) is 25.7 Å². The van der Waals surface area contributed by atoms with Crippen LogP contribution in [0.4, 0.5) is 0 Å². The number of carbonyl (C=O) groups excluding carboxylic acids is 3. The van der Waals surface area contributed by atoms with Crippen molar-refractivity contribution in [3.05, 3.63) is 0 Å². The van der Waals surface area contributed by atoms with Crippen molar-refractivity contribution in [1.82, 2.24) is 0 Å². The number of rotatable bonds is 7. The Morgan fingerprint density at radius 2 is 1.00 bits per heavy atom. The second-order valence-electron chi connectivity index (χ2n) is 4.42. The second-order valence-corrected chi connectivity index (χ2v) is 4.42. The van der Waals surface area contributed by atoms with Crippen LogP contribution >= 0.6 is 0 Å². The first kappa shape index (κ1) is 28.9. The van der Waals surface area contributed by atoms with Gasteiger partial charge < -0.3 is 10.2 Å². The standard InChI is InChI=1S/C7H10O3.2C4H10O.Zr/c1-4(8)7(5(2)9)6(3)10;2*1-2-3-4-5;/h7H,1-3H3;2*5H,2-4H2,1H3;. The van der Waals surface area contributed by atoms with E-state index in [1.807, 2.05) is 0 Å². The predicted molar refractivity (Wildman–Crippen MR) is 79.5 cm³/mol. The van der Waals surface area contributed by atoms with Crippen molar-refractivity contribution in [2.45, 2.75) is 60.3 Å². The summed E-state index contributed by atoms with van der Waals surface area (Å²) >= 11 is 0. The van der Waals surface area contributed by atoms with E-state index in [-0.39, 0.29) is 43.6 Å². The predicted octanol–water partition coefficient (Wildman–Crippen LogP) is 1.92. The van der Waals surface area contributed by atoms with Gasteiger partial charge in [-0.2, -0.15) is 0 Å². The molecule has 0 heterocycles. The zero-order valence-corrected chi connectivity index (χ0v) is 16.4. The largest absolute Gasteiger partial charge is 0.396 e. The number of hydrogen-bond donors (Lipinski definition) is 2.